The maximum Gasteiger partial charge on any atom is 0.0415 e. The fraction of sp³-hybridized carbons (Fsp3) is 0.362. The molecule has 0 heterocycles. The van der Waals surface area contributed by atoms with Gasteiger partial charge in [0.05, 0.1) is 0 Å². The summed E-state index contributed by atoms with van der Waals surface area (Å²) in [6.45, 7) is 26.8. The second kappa shape index (κ2) is 19.0. The Kier molecular flexibility index (Phi) is 15.2. The quantitative estimate of drug-likeness (QED) is 0.187. The lowest BCUT2D eigenvalue weighted by molar-refractivity contribution is 0.339. The normalized spacial score (nSPS) is 16.3. The minimum absolute atomic E-state index is 0.0307. The van der Waals surface area contributed by atoms with Gasteiger partial charge in [-0.2, -0.15) is 0 Å². The molecule has 0 saturated heterocycles. The molecule has 49 heavy (non-hydrogen) atoms. The Bertz CT molecular complexity index is 1640. The Morgan fingerprint density at radius 3 is 1.76 bits per heavy atom. The van der Waals surface area contributed by atoms with E-state index in [1.54, 1.807) is 0 Å². The zero-order chi connectivity index (χ0) is 36.0. The number of anilines is 2. The Morgan fingerprint density at radius 1 is 0.673 bits per heavy atom. The summed E-state index contributed by atoms with van der Waals surface area (Å²) in [4.78, 5) is 4.67. The number of allylic oxidation sites excluding steroid dienone is 15. The molecule has 1 aliphatic rings. The van der Waals surface area contributed by atoms with E-state index in [9.17, 15) is 0 Å². The second-order valence-electron chi connectivity index (χ2n) is 14.0. The molecule has 2 aromatic carbocycles. The summed E-state index contributed by atoms with van der Waals surface area (Å²) < 4.78 is 0. The molecule has 2 nitrogen and oxygen atoms in total. The fourth-order valence-corrected chi connectivity index (χ4v) is 6.52. The smallest absolute Gasteiger partial charge is 0.0415 e. The summed E-state index contributed by atoms with van der Waals surface area (Å²) in [6.07, 6.45) is 28.2. The summed E-state index contributed by atoms with van der Waals surface area (Å²) in [5.41, 5.74) is 13.6. The van der Waals surface area contributed by atoms with Crippen molar-refractivity contribution in [2.24, 2.45) is 0 Å². The number of hydrogen-bond acceptors (Lipinski definition) is 2. The molecule has 0 amide bonds. The van der Waals surface area contributed by atoms with Crippen molar-refractivity contribution in [2.75, 3.05) is 11.4 Å². The van der Waals surface area contributed by atoms with Gasteiger partial charge in [0.2, 0.25) is 0 Å². The van der Waals surface area contributed by atoms with E-state index in [0.29, 0.717) is 0 Å². The third-order valence-corrected chi connectivity index (χ3v) is 9.88. The van der Waals surface area contributed by atoms with Gasteiger partial charge in [0.15, 0.2) is 0 Å². The van der Waals surface area contributed by atoms with Crippen molar-refractivity contribution < 1.29 is 0 Å². The lowest BCUT2D eigenvalue weighted by Gasteiger charge is -2.39. The molecule has 0 aliphatic heterocycles. The minimum atomic E-state index is 0.0307. The van der Waals surface area contributed by atoms with Crippen LogP contribution < -0.4 is 4.90 Å². The van der Waals surface area contributed by atoms with E-state index in [1.165, 1.54) is 76.9 Å². The molecule has 0 atom stereocenters. The van der Waals surface area contributed by atoms with Gasteiger partial charge in [0, 0.05) is 40.4 Å². The summed E-state index contributed by atoms with van der Waals surface area (Å²) in [6, 6.07) is 18.3. The van der Waals surface area contributed by atoms with Crippen molar-refractivity contribution in [3.05, 3.63) is 166 Å². The summed E-state index contributed by atoms with van der Waals surface area (Å²) in [7, 11) is 0. The lowest BCUT2D eigenvalue weighted by Crippen LogP contribution is -2.30. The highest BCUT2D eigenvalue weighted by Crippen LogP contribution is 2.45. The molecule has 0 N–H and O–H groups in total. The summed E-state index contributed by atoms with van der Waals surface area (Å²) in [5.74, 6) is 0. The van der Waals surface area contributed by atoms with Gasteiger partial charge in [-0.1, -0.05) is 120 Å². The van der Waals surface area contributed by atoms with Crippen LogP contribution in [0.25, 0.3) is 0 Å². The van der Waals surface area contributed by atoms with Crippen LogP contribution in [0.3, 0.4) is 0 Å². The molecule has 260 valence electrons. The van der Waals surface area contributed by atoms with Gasteiger partial charge in [0.1, 0.15) is 0 Å². The van der Waals surface area contributed by atoms with Crippen LogP contribution in [0, 0.1) is 6.92 Å². The summed E-state index contributed by atoms with van der Waals surface area (Å²) in [5, 5.41) is 0. The van der Waals surface area contributed by atoms with E-state index in [-0.39, 0.29) is 5.41 Å². The van der Waals surface area contributed by atoms with Crippen LogP contribution in [0.1, 0.15) is 106 Å². The molecular formula is C47H62N2. The van der Waals surface area contributed by atoms with Gasteiger partial charge < -0.3 is 9.80 Å². The van der Waals surface area contributed by atoms with E-state index in [2.05, 4.69) is 195 Å². The van der Waals surface area contributed by atoms with Crippen molar-refractivity contribution >= 4 is 11.4 Å². The highest BCUT2D eigenvalue weighted by atomic mass is 15.1. The van der Waals surface area contributed by atoms with E-state index in [0.717, 1.165) is 23.6 Å². The third-order valence-electron chi connectivity index (χ3n) is 9.88. The highest BCUT2D eigenvalue weighted by molar-refractivity contribution is 5.65. The van der Waals surface area contributed by atoms with Gasteiger partial charge >= 0.3 is 0 Å². The molecule has 0 aromatic heterocycles. The van der Waals surface area contributed by atoms with Crippen LogP contribution in [0.15, 0.2) is 155 Å². The average Bonchev–Trinajstić information content (AvgIpc) is 3.11. The van der Waals surface area contributed by atoms with Crippen molar-refractivity contribution in [3.8, 4) is 0 Å². The molecule has 0 radical (unpaired) electrons. The van der Waals surface area contributed by atoms with E-state index in [4.69, 9.17) is 0 Å². The molecule has 1 saturated carbocycles. The van der Waals surface area contributed by atoms with Crippen molar-refractivity contribution in [1.29, 1.82) is 0 Å². The molecule has 3 rings (SSSR count). The van der Waals surface area contributed by atoms with Crippen LogP contribution in [-0.4, -0.2) is 11.4 Å². The van der Waals surface area contributed by atoms with Crippen molar-refractivity contribution in [1.82, 2.24) is 4.90 Å². The zero-order valence-corrected chi connectivity index (χ0v) is 32.2. The maximum absolute atomic E-state index is 4.47. The van der Waals surface area contributed by atoms with Gasteiger partial charge in [0.25, 0.3) is 0 Å². The molecular weight excluding hydrogens is 593 g/mol. The molecule has 2 heteroatoms. The zero-order valence-electron chi connectivity index (χ0n) is 32.2. The number of hydrogen-bond donors (Lipinski definition) is 0. The predicted molar refractivity (Wildman–Crippen MR) is 218 cm³/mol. The Labute approximate surface area is 300 Å². The fourth-order valence-electron chi connectivity index (χ4n) is 6.52. The van der Waals surface area contributed by atoms with Gasteiger partial charge in [-0.15, -0.1) is 0 Å². The number of nitrogens with zero attached hydrogens (tertiary/aromatic N) is 2. The molecule has 1 fully saturated rings. The van der Waals surface area contributed by atoms with Crippen LogP contribution in [0.2, 0.25) is 0 Å². The first-order valence-corrected chi connectivity index (χ1v) is 18.1. The topological polar surface area (TPSA) is 6.48 Å². The third kappa shape index (κ3) is 11.1. The predicted octanol–water partition coefficient (Wildman–Crippen LogP) is 13.9. The van der Waals surface area contributed by atoms with E-state index < -0.39 is 0 Å². The van der Waals surface area contributed by atoms with Gasteiger partial charge in [-0.3, -0.25) is 0 Å². The van der Waals surface area contributed by atoms with Gasteiger partial charge in [-0.25, -0.2) is 0 Å². The highest BCUT2D eigenvalue weighted by Gasteiger charge is 2.35. The van der Waals surface area contributed by atoms with Crippen molar-refractivity contribution in [3.63, 3.8) is 0 Å². The first-order valence-electron chi connectivity index (χ1n) is 18.1. The number of benzene rings is 2. The van der Waals surface area contributed by atoms with Gasteiger partial charge in [-0.05, 0) is 130 Å². The minimum Gasteiger partial charge on any atom is -0.338 e. The van der Waals surface area contributed by atoms with Crippen LogP contribution in [0.5, 0.6) is 0 Å². The Hall–Kier alpha value is -4.30. The monoisotopic (exact) mass is 654 g/mol. The van der Waals surface area contributed by atoms with Crippen molar-refractivity contribution in [2.45, 2.75) is 107 Å². The molecule has 1 aliphatic carbocycles. The second-order valence-corrected chi connectivity index (χ2v) is 14.0. The maximum atomic E-state index is 4.47. The van der Waals surface area contributed by atoms with E-state index >= 15 is 0 Å². The molecule has 2 aromatic rings. The van der Waals surface area contributed by atoms with Crippen LogP contribution >= 0.6 is 0 Å². The molecule has 0 unspecified atom stereocenters. The largest absolute Gasteiger partial charge is 0.338 e. The average molecular weight is 655 g/mol. The Morgan fingerprint density at radius 2 is 1.20 bits per heavy atom. The molecule has 0 spiro atoms. The number of aryl methyl sites for hydroxylation is 1. The SMILES string of the molecule is C=C(/C=C\C(C)=C/C)N(/C(C)=C/C=C(C)C)/C(C)=C/C=C(\C)C1(c2ccc(N(C/C=C\C(C)=C/C)c3ccc(C)cc3)cc2)CCCCC1. The van der Waals surface area contributed by atoms with Crippen LogP contribution in [-0.2, 0) is 5.41 Å². The first-order chi connectivity index (χ1) is 23.4. The van der Waals surface area contributed by atoms with Crippen LogP contribution in [0.4, 0.5) is 11.4 Å². The first kappa shape index (κ1) is 39.1. The molecule has 0 bridgehead atoms. The Balaban J connectivity index is 2.02. The van der Waals surface area contributed by atoms with E-state index in [1.807, 2.05) is 0 Å². The summed E-state index contributed by atoms with van der Waals surface area (Å²) >= 11 is 0. The number of rotatable bonds is 14. The lowest BCUT2D eigenvalue weighted by atomic mass is 9.65. The standard InChI is InChI=1S/C47H62N2/c1-12-37(5)18-17-35-48(45-29-21-39(7)22-30-45)46-31-27-44(28-32-46)47(33-15-14-16-34-47)40(8)23-26-43(11)49(41(9)24-19-36(3)4)42(10)25-20-38(6)13-2/h12-13,17-32H,10,14-16,33-35H2,1-9,11H3/b18-17-,25-20-,37-12-,38-13-,40-23+,41-24+,43-26+.